The molecular weight excluding hydrogens is 148 g/mol. The van der Waals surface area contributed by atoms with Crippen molar-refractivity contribution in [3.63, 3.8) is 0 Å². The minimum absolute atomic E-state index is 0.356. The predicted octanol–water partition coefficient (Wildman–Crippen LogP) is 2.71. The molecule has 0 aromatic rings. The molecule has 0 saturated heterocycles. The number of allylic oxidation sites excluding steroid dienone is 2. The summed E-state index contributed by atoms with van der Waals surface area (Å²) in [4.78, 5) is 11.2. The molecule has 1 nitrogen and oxygen atoms in total. The summed E-state index contributed by atoms with van der Waals surface area (Å²) < 4.78 is 0. The predicted molar refractivity (Wildman–Crippen MR) is 48.8 cm³/mol. The van der Waals surface area contributed by atoms with Crippen LogP contribution >= 0.6 is 0 Å². The van der Waals surface area contributed by atoms with Gasteiger partial charge in [-0.25, -0.2) is 0 Å². The van der Waals surface area contributed by atoms with E-state index in [9.17, 15) is 4.79 Å². The average molecular weight is 164 g/mol. The van der Waals surface area contributed by atoms with E-state index in [-0.39, 0.29) is 0 Å². The fourth-order valence-electron chi connectivity index (χ4n) is 2.55. The maximum Gasteiger partial charge on any atom is 0.155 e. The molecule has 0 amide bonds. The van der Waals surface area contributed by atoms with Crippen molar-refractivity contribution in [1.29, 1.82) is 0 Å². The van der Waals surface area contributed by atoms with Crippen molar-refractivity contribution in [3.05, 3.63) is 11.6 Å². The highest BCUT2D eigenvalue weighted by atomic mass is 16.1. The van der Waals surface area contributed by atoms with Gasteiger partial charge in [0.25, 0.3) is 0 Å². The van der Waals surface area contributed by atoms with E-state index in [4.69, 9.17) is 0 Å². The van der Waals surface area contributed by atoms with Gasteiger partial charge in [0, 0.05) is 6.42 Å². The number of carbonyl (C=O) groups excluding carboxylic acids is 1. The number of hydrogen-bond acceptors (Lipinski definition) is 1. The summed E-state index contributed by atoms with van der Waals surface area (Å²) in [5, 5.41) is 0. The van der Waals surface area contributed by atoms with Crippen molar-refractivity contribution in [3.8, 4) is 0 Å². The zero-order chi connectivity index (χ0) is 8.55. The van der Waals surface area contributed by atoms with Crippen molar-refractivity contribution in [2.24, 2.45) is 11.8 Å². The Morgan fingerprint density at radius 1 is 1.33 bits per heavy atom. The topological polar surface area (TPSA) is 17.1 Å². The lowest BCUT2D eigenvalue weighted by atomic mass is 9.72. The lowest BCUT2D eigenvalue weighted by Crippen LogP contribution is -2.22. The standard InChI is InChI=1S/C11H16O/c1-8-3-2-4-9-5-6-10(12)7-11(8)9/h7-9H,2-6H2,1H3/t8-,9-/m1/s1. The van der Waals surface area contributed by atoms with E-state index < -0.39 is 0 Å². The highest BCUT2D eigenvalue weighted by Gasteiger charge is 2.28. The van der Waals surface area contributed by atoms with Crippen LogP contribution in [-0.4, -0.2) is 5.78 Å². The second-order valence-electron chi connectivity index (χ2n) is 4.18. The Kier molecular flexibility index (Phi) is 2.03. The first-order valence-electron chi connectivity index (χ1n) is 5.01. The van der Waals surface area contributed by atoms with Crippen LogP contribution in [0.2, 0.25) is 0 Å². The number of ketones is 1. The summed E-state index contributed by atoms with van der Waals surface area (Å²) >= 11 is 0. The Hall–Kier alpha value is -0.590. The summed E-state index contributed by atoms with van der Waals surface area (Å²) in [6.45, 7) is 2.26. The summed E-state index contributed by atoms with van der Waals surface area (Å²) in [5.41, 5.74) is 1.46. The molecule has 0 aliphatic heterocycles. The third kappa shape index (κ3) is 1.33. The van der Waals surface area contributed by atoms with Gasteiger partial charge < -0.3 is 0 Å². The van der Waals surface area contributed by atoms with E-state index in [1.165, 1.54) is 24.8 Å². The second-order valence-corrected chi connectivity index (χ2v) is 4.18. The second kappa shape index (κ2) is 3.04. The minimum atomic E-state index is 0.356. The van der Waals surface area contributed by atoms with Gasteiger partial charge in [0.15, 0.2) is 5.78 Å². The maximum atomic E-state index is 11.2. The fourth-order valence-corrected chi connectivity index (χ4v) is 2.55. The molecule has 1 fully saturated rings. The Morgan fingerprint density at radius 2 is 2.17 bits per heavy atom. The van der Waals surface area contributed by atoms with Crippen LogP contribution in [0.4, 0.5) is 0 Å². The Morgan fingerprint density at radius 3 is 3.00 bits per heavy atom. The molecule has 0 aromatic heterocycles. The monoisotopic (exact) mass is 164 g/mol. The molecule has 2 aliphatic carbocycles. The maximum absolute atomic E-state index is 11.2. The normalized spacial score (nSPS) is 35.8. The van der Waals surface area contributed by atoms with Crippen molar-refractivity contribution in [1.82, 2.24) is 0 Å². The molecule has 1 saturated carbocycles. The van der Waals surface area contributed by atoms with Crippen LogP contribution in [0.15, 0.2) is 11.6 Å². The number of hydrogen-bond donors (Lipinski definition) is 0. The third-order valence-electron chi connectivity index (χ3n) is 3.30. The van der Waals surface area contributed by atoms with E-state index >= 15 is 0 Å². The van der Waals surface area contributed by atoms with E-state index in [2.05, 4.69) is 6.92 Å². The molecule has 2 atom stereocenters. The summed E-state index contributed by atoms with van der Waals surface area (Å²) in [7, 11) is 0. The summed E-state index contributed by atoms with van der Waals surface area (Å²) in [6.07, 6.45) is 7.81. The van der Waals surface area contributed by atoms with Gasteiger partial charge in [0.2, 0.25) is 0 Å². The van der Waals surface area contributed by atoms with Gasteiger partial charge in [-0.05, 0) is 37.2 Å². The first-order valence-corrected chi connectivity index (χ1v) is 5.01. The molecule has 0 unspecified atom stereocenters. The van der Waals surface area contributed by atoms with Gasteiger partial charge in [-0.2, -0.15) is 0 Å². The Labute approximate surface area is 73.8 Å². The van der Waals surface area contributed by atoms with Crippen molar-refractivity contribution >= 4 is 5.78 Å². The van der Waals surface area contributed by atoms with Crippen LogP contribution in [0.25, 0.3) is 0 Å². The van der Waals surface area contributed by atoms with E-state index in [0.29, 0.717) is 11.7 Å². The van der Waals surface area contributed by atoms with Crippen LogP contribution in [-0.2, 0) is 4.79 Å². The van der Waals surface area contributed by atoms with Crippen LogP contribution in [0, 0.1) is 11.8 Å². The SMILES string of the molecule is C[C@@H]1CCC[C@@H]2CCC(=O)C=C21. The number of fused-ring (bicyclic) bond motifs is 1. The lowest BCUT2D eigenvalue weighted by molar-refractivity contribution is -0.115. The number of rotatable bonds is 0. The van der Waals surface area contributed by atoms with Gasteiger partial charge in [-0.3, -0.25) is 4.79 Å². The molecule has 0 bridgehead atoms. The van der Waals surface area contributed by atoms with Gasteiger partial charge in [0.05, 0.1) is 0 Å². The quantitative estimate of drug-likeness (QED) is 0.538. The molecule has 0 N–H and O–H groups in total. The molecule has 66 valence electrons. The zero-order valence-corrected chi connectivity index (χ0v) is 7.68. The first kappa shape index (κ1) is 8.03. The minimum Gasteiger partial charge on any atom is -0.295 e. The largest absolute Gasteiger partial charge is 0.295 e. The van der Waals surface area contributed by atoms with E-state index in [1.807, 2.05) is 6.08 Å². The van der Waals surface area contributed by atoms with Gasteiger partial charge in [-0.15, -0.1) is 0 Å². The molecule has 2 aliphatic rings. The van der Waals surface area contributed by atoms with Crippen molar-refractivity contribution < 1.29 is 4.79 Å². The van der Waals surface area contributed by atoms with E-state index in [1.54, 1.807) is 0 Å². The van der Waals surface area contributed by atoms with Gasteiger partial charge in [-0.1, -0.05) is 18.9 Å². The first-order chi connectivity index (χ1) is 5.77. The zero-order valence-electron chi connectivity index (χ0n) is 7.68. The van der Waals surface area contributed by atoms with Crippen LogP contribution in [0.5, 0.6) is 0 Å². The molecule has 12 heavy (non-hydrogen) atoms. The average Bonchev–Trinajstić information content (AvgIpc) is 2.07. The summed E-state index contributed by atoms with van der Waals surface area (Å²) in [5.74, 6) is 1.79. The molecule has 0 heterocycles. The molecule has 0 spiro atoms. The van der Waals surface area contributed by atoms with Crippen molar-refractivity contribution in [2.45, 2.75) is 39.0 Å². The Balaban J connectivity index is 2.23. The molecule has 0 radical (unpaired) electrons. The van der Waals surface area contributed by atoms with Gasteiger partial charge in [0.1, 0.15) is 0 Å². The molecule has 1 heteroatoms. The van der Waals surface area contributed by atoms with E-state index in [0.717, 1.165) is 18.8 Å². The van der Waals surface area contributed by atoms with Crippen LogP contribution in [0.3, 0.4) is 0 Å². The Bertz CT molecular complexity index is 227. The third-order valence-corrected chi connectivity index (χ3v) is 3.30. The van der Waals surface area contributed by atoms with Crippen LogP contribution < -0.4 is 0 Å². The van der Waals surface area contributed by atoms with Crippen molar-refractivity contribution in [2.75, 3.05) is 0 Å². The number of carbonyl (C=O) groups is 1. The molecule has 0 aromatic carbocycles. The highest BCUT2D eigenvalue weighted by molar-refractivity contribution is 5.91. The van der Waals surface area contributed by atoms with Gasteiger partial charge >= 0.3 is 0 Å². The molecule has 2 rings (SSSR count). The highest BCUT2D eigenvalue weighted by Crippen LogP contribution is 2.38. The smallest absolute Gasteiger partial charge is 0.155 e. The fraction of sp³-hybridized carbons (Fsp3) is 0.727. The molecular formula is C11H16O. The summed E-state index contributed by atoms with van der Waals surface area (Å²) in [6, 6.07) is 0. The lowest BCUT2D eigenvalue weighted by Gasteiger charge is -2.32. The van der Waals surface area contributed by atoms with Crippen LogP contribution in [0.1, 0.15) is 39.0 Å².